The minimum Gasteiger partial charge on any atom is -0.347 e. The van der Waals surface area contributed by atoms with Gasteiger partial charge in [-0.25, -0.2) is 4.98 Å². The van der Waals surface area contributed by atoms with Gasteiger partial charge in [-0.15, -0.1) is 11.3 Å². The minimum absolute atomic E-state index is 0.0918. The third-order valence-corrected chi connectivity index (χ3v) is 3.61. The lowest BCUT2D eigenvalue weighted by Gasteiger charge is -2.10. The molecule has 0 radical (unpaired) electrons. The smallest absolute Gasteiger partial charge is 0.252 e. The van der Waals surface area contributed by atoms with E-state index in [-0.39, 0.29) is 11.9 Å². The molecule has 1 amide bonds. The van der Waals surface area contributed by atoms with E-state index in [1.54, 1.807) is 18.5 Å². The number of hydrogen-bond acceptors (Lipinski definition) is 3. The highest BCUT2D eigenvalue weighted by Gasteiger charge is 2.13. The van der Waals surface area contributed by atoms with Crippen molar-refractivity contribution in [3.8, 4) is 0 Å². The summed E-state index contributed by atoms with van der Waals surface area (Å²) >= 11 is 4.82. The predicted molar refractivity (Wildman–Crippen MR) is 66.5 cm³/mol. The third kappa shape index (κ3) is 2.51. The summed E-state index contributed by atoms with van der Waals surface area (Å²) in [7, 11) is 0. The van der Waals surface area contributed by atoms with Gasteiger partial charge in [0.15, 0.2) is 0 Å². The lowest BCUT2D eigenvalue weighted by atomic mass is 10.2. The average Bonchev–Trinajstić information content (AvgIpc) is 2.87. The molecule has 0 spiro atoms. The van der Waals surface area contributed by atoms with E-state index < -0.39 is 0 Å². The van der Waals surface area contributed by atoms with Gasteiger partial charge in [0, 0.05) is 17.8 Å². The number of amides is 1. The Morgan fingerprint density at radius 1 is 1.69 bits per heavy atom. The monoisotopic (exact) mass is 299 g/mol. The van der Waals surface area contributed by atoms with Crippen molar-refractivity contribution in [3.63, 3.8) is 0 Å². The molecule has 1 unspecified atom stereocenters. The van der Waals surface area contributed by atoms with Crippen molar-refractivity contribution in [1.82, 2.24) is 15.3 Å². The predicted octanol–water partition coefficient (Wildman–Crippen LogP) is 2.72. The summed E-state index contributed by atoms with van der Waals surface area (Å²) in [5.41, 5.74) is 0.662. The van der Waals surface area contributed by atoms with E-state index in [0.29, 0.717) is 5.56 Å². The van der Waals surface area contributed by atoms with Gasteiger partial charge in [0.2, 0.25) is 0 Å². The first-order valence-corrected chi connectivity index (χ1v) is 6.38. The zero-order valence-corrected chi connectivity index (χ0v) is 10.9. The molecule has 2 N–H and O–H groups in total. The molecule has 2 aromatic heterocycles. The van der Waals surface area contributed by atoms with Crippen LogP contribution in [-0.2, 0) is 0 Å². The Morgan fingerprint density at radius 2 is 2.50 bits per heavy atom. The molecule has 0 bridgehead atoms. The van der Waals surface area contributed by atoms with Gasteiger partial charge in [0.25, 0.3) is 5.91 Å². The largest absolute Gasteiger partial charge is 0.347 e. The summed E-state index contributed by atoms with van der Waals surface area (Å²) in [5.74, 6) is 0.661. The highest BCUT2D eigenvalue weighted by molar-refractivity contribution is 9.11. The molecule has 0 aromatic carbocycles. The highest BCUT2D eigenvalue weighted by atomic mass is 79.9. The number of nitrogens with one attached hydrogen (secondary N) is 2. The van der Waals surface area contributed by atoms with Crippen molar-refractivity contribution in [3.05, 3.63) is 39.0 Å². The van der Waals surface area contributed by atoms with Crippen LogP contribution >= 0.6 is 27.3 Å². The molecule has 6 heteroatoms. The molecule has 0 aliphatic rings. The maximum absolute atomic E-state index is 11.8. The number of carbonyl (C=O) groups excluding carboxylic acids is 1. The highest BCUT2D eigenvalue weighted by Crippen LogP contribution is 2.21. The van der Waals surface area contributed by atoms with Crippen LogP contribution in [0.25, 0.3) is 0 Å². The van der Waals surface area contributed by atoms with E-state index >= 15 is 0 Å². The van der Waals surface area contributed by atoms with Gasteiger partial charge in [0.05, 0.1) is 15.4 Å². The Hall–Kier alpha value is -1.14. The molecular weight excluding hydrogens is 290 g/mol. The number of nitrogens with zero attached hydrogens (tertiary/aromatic N) is 1. The van der Waals surface area contributed by atoms with Crippen LogP contribution in [0.3, 0.4) is 0 Å². The first-order chi connectivity index (χ1) is 7.66. The molecule has 4 nitrogen and oxygen atoms in total. The number of thiophene rings is 1. The first-order valence-electron chi connectivity index (χ1n) is 4.71. The Bertz CT molecular complexity index is 480. The van der Waals surface area contributed by atoms with Gasteiger partial charge >= 0.3 is 0 Å². The maximum Gasteiger partial charge on any atom is 0.252 e. The minimum atomic E-state index is -0.124. The molecular formula is C10H10BrN3OS. The number of hydrogen-bond donors (Lipinski definition) is 2. The van der Waals surface area contributed by atoms with Crippen LogP contribution in [0.1, 0.15) is 29.1 Å². The lowest BCUT2D eigenvalue weighted by Crippen LogP contribution is -2.26. The fraction of sp³-hybridized carbons (Fsp3) is 0.200. The Labute approximate surface area is 105 Å². The van der Waals surface area contributed by atoms with Crippen LogP contribution in [0, 0.1) is 0 Å². The zero-order valence-electron chi connectivity index (χ0n) is 8.53. The van der Waals surface area contributed by atoms with Crippen LogP contribution in [0.15, 0.2) is 27.6 Å². The molecule has 84 valence electrons. The number of imidazole rings is 1. The van der Waals surface area contributed by atoms with Crippen molar-refractivity contribution in [2.24, 2.45) is 0 Å². The van der Waals surface area contributed by atoms with E-state index in [1.165, 1.54) is 11.3 Å². The molecule has 0 saturated carbocycles. The second-order valence-corrected chi connectivity index (χ2v) is 5.60. The standard InChI is InChI=1S/C10H10BrN3OS/c1-6(9-12-2-3-13-9)14-10(15)7-4-8(11)16-5-7/h2-6H,1H3,(H,12,13)(H,14,15). The summed E-state index contributed by atoms with van der Waals surface area (Å²) in [6, 6.07) is 1.68. The number of aromatic amines is 1. The van der Waals surface area contributed by atoms with Crippen LogP contribution in [-0.4, -0.2) is 15.9 Å². The number of aromatic nitrogens is 2. The quantitative estimate of drug-likeness (QED) is 0.915. The second-order valence-electron chi connectivity index (χ2n) is 3.31. The molecule has 2 aromatic rings. The first kappa shape index (κ1) is 11.3. The van der Waals surface area contributed by atoms with E-state index in [2.05, 4.69) is 31.2 Å². The second kappa shape index (κ2) is 4.80. The van der Waals surface area contributed by atoms with Gasteiger partial charge in [0.1, 0.15) is 5.82 Å². The van der Waals surface area contributed by atoms with Crippen molar-refractivity contribution in [2.45, 2.75) is 13.0 Å². The fourth-order valence-electron chi connectivity index (χ4n) is 1.29. The molecule has 2 heterocycles. The Morgan fingerprint density at radius 3 is 3.06 bits per heavy atom. The van der Waals surface area contributed by atoms with E-state index in [4.69, 9.17) is 0 Å². The molecule has 0 fully saturated rings. The third-order valence-electron chi connectivity index (χ3n) is 2.11. The fourth-order valence-corrected chi connectivity index (χ4v) is 2.43. The molecule has 2 rings (SSSR count). The summed E-state index contributed by atoms with van der Waals surface area (Å²) in [4.78, 5) is 18.9. The van der Waals surface area contributed by atoms with Crippen LogP contribution in [0.5, 0.6) is 0 Å². The van der Waals surface area contributed by atoms with Crippen molar-refractivity contribution in [1.29, 1.82) is 0 Å². The van der Waals surface area contributed by atoms with Gasteiger partial charge in [-0.3, -0.25) is 4.79 Å². The molecule has 0 aliphatic heterocycles. The van der Waals surface area contributed by atoms with E-state index in [1.807, 2.05) is 12.3 Å². The van der Waals surface area contributed by atoms with Crippen molar-refractivity contribution < 1.29 is 4.79 Å². The Kier molecular flexibility index (Phi) is 3.40. The summed E-state index contributed by atoms with van der Waals surface area (Å²) in [6.45, 7) is 1.89. The van der Waals surface area contributed by atoms with E-state index in [0.717, 1.165) is 9.61 Å². The maximum atomic E-state index is 11.8. The van der Waals surface area contributed by atoms with Crippen LogP contribution < -0.4 is 5.32 Å². The van der Waals surface area contributed by atoms with Gasteiger partial charge < -0.3 is 10.3 Å². The normalized spacial score (nSPS) is 12.4. The zero-order chi connectivity index (χ0) is 11.5. The van der Waals surface area contributed by atoms with Crippen molar-refractivity contribution >= 4 is 33.2 Å². The average molecular weight is 300 g/mol. The number of carbonyl (C=O) groups is 1. The van der Waals surface area contributed by atoms with Crippen LogP contribution in [0.4, 0.5) is 0 Å². The topological polar surface area (TPSA) is 57.8 Å². The Balaban J connectivity index is 2.03. The van der Waals surface area contributed by atoms with Gasteiger partial charge in [-0.05, 0) is 28.9 Å². The number of halogens is 1. The van der Waals surface area contributed by atoms with Gasteiger partial charge in [-0.1, -0.05) is 0 Å². The van der Waals surface area contributed by atoms with E-state index in [9.17, 15) is 4.79 Å². The molecule has 16 heavy (non-hydrogen) atoms. The van der Waals surface area contributed by atoms with Crippen LogP contribution in [0.2, 0.25) is 0 Å². The SMILES string of the molecule is CC(NC(=O)c1csc(Br)c1)c1ncc[nH]1. The lowest BCUT2D eigenvalue weighted by molar-refractivity contribution is 0.0939. The number of rotatable bonds is 3. The van der Waals surface area contributed by atoms with Gasteiger partial charge in [-0.2, -0.15) is 0 Å². The summed E-state index contributed by atoms with van der Waals surface area (Å²) in [6.07, 6.45) is 3.40. The summed E-state index contributed by atoms with van der Waals surface area (Å²) in [5, 5.41) is 4.68. The molecule has 0 saturated heterocycles. The summed E-state index contributed by atoms with van der Waals surface area (Å²) < 4.78 is 0.948. The molecule has 0 aliphatic carbocycles. The number of H-pyrrole nitrogens is 1. The molecule has 1 atom stereocenters. The van der Waals surface area contributed by atoms with Crippen molar-refractivity contribution in [2.75, 3.05) is 0 Å².